The second kappa shape index (κ2) is 6.04. The molecule has 3 rings (SSSR count). The third-order valence-electron chi connectivity index (χ3n) is 5.07. The van der Waals surface area contributed by atoms with Gasteiger partial charge in [0.1, 0.15) is 0 Å². The van der Waals surface area contributed by atoms with E-state index >= 15 is 0 Å². The van der Waals surface area contributed by atoms with Crippen LogP contribution in [0.5, 0.6) is 0 Å². The summed E-state index contributed by atoms with van der Waals surface area (Å²) in [6.45, 7) is 6.64. The number of benzene rings is 2. The first-order valence-electron chi connectivity index (χ1n) is 8.69. The summed E-state index contributed by atoms with van der Waals surface area (Å²) < 4.78 is 3.83. The van der Waals surface area contributed by atoms with Crippen molar-refractivity contribution >= 4 is 28.4 Å². The molecule has 0 radical (unpaired) electrons. The zero-order valence-electron chi connectivity index (χ0n) is 16.0. The molecule has 124 valence electrons. The van der Waals surface area contributed by atoms with Crippen molar-refractivity contribution in [2.45, 2.75) is 38.0 Å². The first-order valence-corrected chi connectivity index (χ1v) is 16.0. The zero-order valence-corrected chi connectivity index (χ0v) is 18.1. The number of pyridine rings is 1. The van der Waals surface area contributed by atoms with Gasteiger partial charge in [0.25, 0.3) is 0 Å². The molecule has 0 spiro atoms. The first kappa shape index (κ1) is 17.2. The molecule has 0 aliphatic rings. The van der Waals surface area contributed by atoms with Crippen molar-refractivity contribution in [1.82, 2.24) is 0 Å². The average molecular weight is 379 g/mol. The molecule has 1 nitrogen and oxygen atoms in total. The molecule has 24 heavy (non-hydrogen) atoms. The Hall–Kier alpha value is -1.61. The molecule has 0 atom stereocenters. The molecule has 1 heterocycles. The number of nitrogens with zero attached hydrogens (tertiary/aromatic N) is 1. The van der Waals surface area contributed by atoms with Gasteiger partial charge in [0.05, 0.1) is 0 Å². The van der Waals surface area contributed by atoms with E-state index in [1.165, 1.54) is 38.7 Å². The molecule has 0 saturated heterocycles. The Balaban J connectivity index is 2.35. The van der Waals surface area contributed by atoms with Crippen molar-refractivity contribution in [3.8, 4) is 11.3 Å². The van der Waals surface area contributed by atoms with Crippen LogP contribution in [0.15, 0.2) is 42.6 Å². The third kappa shape index (κ3) is 3.02. The summed E-state index contributed by atoms with van der Waals surface area (Å²) in [7, 11) is 2.15. The number of aryl methyl sites for hydroxylation is 3. The van der Waals surface area contributed by atoms with E-state index in [-0.39, 0.29) is 0 Å². The summed E-state index contributed by atoms with van der Waals surface area (Å²) >= 11 is -1.81. The van der Waals surface area contributed by atoms with Crippen molar-refractivity contribution in [2.24, 2.45) is 7.05 Å². The molecular formula is C22H28GeN+. The number of fused-ring (bicyclic) bond motifs is 1. The number of hydrogen-bond donors (Lipinski definition) is 0. The van der Waals surface area contributed by atoms with E-state index in [1.54, 1.807) is 4.40 Å². The van der Waals surface area contributed by atoms with Gasteiger partial charge in [-0.05, 0) is 0 Å². The van der Waals surface area contributed by atoms with Gasteiger partial charge in [-0.15, -0.1) is 0 Å². The fraction of sp³-hybridized carbons (Fsp3) is 0.318. The molecule has 0 saturated carbocycles. The van der Waals surface area contributed by atoms with Gasteiger partial charge in [-0.25, -0.2) is 0 Å². The Morgan fingerprint density at radius 3 is 2.25 bits per heavy atom. The summed E-state index contributed by atoms with van der Waals surface area (Å²) in [5, 5.41) is 2.71. The Morgan fingerprint density at radius 2 is 1.58 bits per heavy atom. The van der Waals surface area contributed by atoms with Crippen LogP contribution in [0.2, 0.25) is 17.3 Å². The molecule has 0 unspecified atom stereocenters. The minimum absolute atomic E-state index is 1.32. The van der Waals surface area contributed by atoms with Crippen molar-refractivity contribution in [3.05, 3.63) is 59.3 Å². The molecule has 0 amide bonds. The quantitative estimate of drug-likeness (QED) is 0.445. The molecule has 0 fully saturated rings. The van der Waals surface area contributed by atoms with Gasteiger partial charge in [0.2, 0.25) is 0 Å². The van der Waals surface area contributed by atoms with Crippen LogP contribution < -0.4 is 8.96 Å². The van der Waals surface area contributed by atoms with Gasteiger partial charge < -0.3 is 0 Å². The molecule has 3 aromatic rings. The minimum atomic E-state index is -1.81. The van der Waals surface area contributed by atoms with E-state index in [0.717, 1.165) is 0 Å². The van der Waals surface area contributed by atoms with Gasteiger partial charge in [-0.1, -0.05) is 0 Å². The first-order chi connectivity index (χ1) is 11.2. The zero-order chi connectivity index (χ0) is 17.6. The molecule has 0 aliphatic carbocycles. The second-order valence-corrected chi connectivity index (χ2v) is 18.7. The molecule has 2 heteroatoms. The Labute approximate surface area is 148 Å². The van der Waals surface area contributed by atoms with Crippen LogP contribution in [-0.4, -0.2) is 13.3 Å². The summed E-state index contributed by atoms with van der Waals surface area (Å²) in [6, 6.07) is 14.0. The van der Waals surface area contributed by atoms with E-state index in [9.17, 15) is 0 Å². The second-order valence-electron chi connectivity index (χ2n) is 8.08. The topological polar surface area (TPSA) is 3.88 Å². The summed E-state index contributed by atoms with van der Waals surface area (Å²) in [4.78, 5) is 0. The van der Waals surface area contributed by atoms with Crippen LogP contribution in [0.1, 0.15) is 16.7 Å². The predicted molar refractivity (Wildman–Crippen MR) is 108 cm³/mol. The van der Waals surface area contributed by atoms with Gasteiger partial charge in [-0.3, -0.25) is 0 Å². The van der Waals surface area contributed by atoms with Crippen LogP contribution >= 0.6 is 0 Å². The number of aromatic nitrogens is 1. The molecule has 2 aromatic carbocycles. The maximum absolute atomic E-state index is 2.46. The van der Waals surface area contributed by atoms with Gasteiger partial charge >= 0.3 is 149 Å². The maximum atomic E-state index is 2.46. The molecular weight excluding hydrogens is 351 g/mol. The standard InChI is InChI=1S/C22H28GeN/c1-15-12-16(2)17(3)21(13-15)22-20-9-8-19(23(4,5)6)14-18(20)10-11-24(22)7/h8-14H,1-7H3/q+1. The van der Waals surface area contributed by atoms with E-state index < -0.39 is 13.3 Å². The van der Waals surface area contributed by atoms with Crippen molar-refractivity contribution in [1.29, 1.82) is 0 Å². The SMILES string of the molecule is Cc1cc(C)c(C)c(-c2c3cc[c]([Ge]([CH3])([CH3])[CH3])cc3cc[n+]2C)c1. The van der Waals surface area contributed by atoms with Crippen molar-refractivity contribution < 1.29 is 4.57 Å². The number of rotatable bonds is 2. The van der Waals surface area contributed by atoms with Crippen LogP contribution in [0, 0.1) is 20.8 Å². The van der Waals surface area contributed by atoms with Crippen LogP contribution in [-0.2, 0) is 7.05 Å². The van der Waals surface area contributed by atoms with Gasteiger partial charge in [-0.2, -0.15) is 0 Å². The van der Waals surface area contributed by atoms with Gasteiger partial charge in [0.15, 0.2) is 0 Å². The molecule has 0 bridgehead atoms. The van der Waals surface area contributed by atoms with Crippen molar-refractivity contribution in [2.75, 3.05) is 0 Å². The predicted octanol–water partition coefficient (Wildman–Crippen LogP) is 4.80. The third-order valence-corrected chi connectivity index (χ3v) is 9.36. The van der Waals surface area contributed by atoms with E-state index in [2.05, 4.69) is 92.2 Å². The molecule has 0 N–H and O–H groups in total. The van der Waals surface area contributed by atoms with E-state index in [0.29, 0.717) is 0 Å². The Kier molecular flexibility index (Phi) is 4.33. The summed E-state index contributed by atoms with van der Waals surface area (Å²) in [5.74, 6) is 7.37. The summed E-state index contributed by atoms with van der Waals surface area (Å²) in [6.07, 6.45) is 2.20. The molecule has 0 aliphatic heterocycles. The van der Waals surface area contributed by atoms with Crippen LogP contribution in [0.25, 0.3) is 22.0 Å². The normalized spacial score (nSPS) is 12.0. The monoisotopic (exact) mass is 380 g/mol. The fourth-order valence-electron chi connectivity index (χ4n) is 3.46. The van der Waals surface area contributed by atoms with E-state index in [4.69, 9.17) is 0 Å². The molecule has 1 aromatic heterocycles. The summed E-state index contributed by atoms with van der Waals surface area (Å²) in [5.41, 5.74) is 6.74. The van der Waals surface area contributed by atoms with Crippen LogP contribution in [0.4, 0.5) is 0 Å². The van der Waals surface area contributed by atoms with E-state index in [1.807, 2.05) is 0 Å². The fourth-order valence-corrected chi connectivity index (χ4v) is 5.92. The number of hydrogen-bond acceptors (Lipinski definition) is 0. The van der Waals surface area contributed by atoms with Crippen LogP contribution in [0.3, 0.4) is 0 Å². The van der Waals surface area contributed by atoms with Gasteiger partial charge in [0, 0.05) is 0 Å². The Bertz CT molecular complexity index is 933. The van der Waals surface area contributed by atoms with Crippen molar-refractivity contribution in [3.63, 3.8) is 0 Å². The Morgan fingerprint density at radius 1 is 0.875 bits per heavy atom. The average Bonchev–Trinajstić information content (AvgIpc) is 2.50.